The number of aromatic nitrogens is 1. The van der Waals surface area contributed by atoms with Crippen LogP contribution >= 0.6 is 0 Å². The van der Waals surface area contributed by atoms with E-state index in [-0.39, 0.29) is 17.4 Å². The van der Waals surface area contributed by atoms with Crippen LogP contribution in [0, 0.1) is 10.8 Å². The molecule has 38 heavy (non-hydrogen) atoms. The predicted octanol–water partition coefficient (Wildman–Crippen LogP) is 4.91. The molecule has 6 saturated carbocycles. The molecule has 6 aliphatic carbocycles. The lowest BCUT2D eigenvalue weighted by Crippen LogP contribution is -2.80. The highest BCUT2D eigenvalue weighted by atomic mass is 19.1. The number of nitrogens with one attached hydrogen (secondary N) is 2. The Bertz CT molecular complexity index is 1460. The highest BCUT2D eigenvalue weighted by Crippen LogP contribution is 2.74. The first-order valence-electron chi connectivity index (χ1n) is 12.8. The number of amides is 2. The van der Waals surface area contributed by atoms with Crippen molar-refractivity contribution in [1.29, 1.82) is 0 Å². The smallest absolute Gasteiger partial charge is 0.230 e. The topological polar surface area (TPSA) is 98.8 Å². The predicted molar refractivity (Wildman–Crippen MR) is 137 cm³/mol. The number of hydrogen-bond acceptors (Lipinski definition) is 6. The molecule has 0 unspecified atom stereocenters. The summed E-state index contributed by atoms with van der Waals surface area (Å²) in [7, 11) is 3.15. The minimum absolute atomic E-state index is 0.00451. The first-order valence-corrected chi connectivity index (χ1v) is 12.8. The maximum absolute atomic E-state index is 13.8. The van der Waals surface area contributed by atoms with E-state index >= 15 is 0 Å². The van der Waals surface area contributed by atoms with Gasteiger partial charge in [0.05, 0.1) is 30.6 Å². The molecule has 2 amide bonds. The van der Waals surface area contributed by atoms with Gasteiger partial charge in [0.25, 0.3) is 0 Å². The van der Waals surface area contributed by atoms with Gasteiger partial charge in [-0.15, -0.1) is 0 Å². The van der Waals surface area contributed by atoms with Crippen molar-refractivity contribution in [1.82, 2.24) is 10.3 Å². The Hall–Kier alpha value is -3.88. The van der Waals surface area contributed by atoms with E-state index in [0.717, 1.165) is 5.39 Å². The van der Waals surface area contributed by atoms with E-state index in [0.29, 0.717) is 72.7 Å². The Labute approximate surface area is 218 Å². The zero-order chi connectivity index (χ0) is 26.3. The lowest BCUT2D eigenvalue weighted by Gasteiger charge is -2.71. The molecule has 8 nitrogen and oxygen atoms in total. The summed E-state index contributed by atoms with van der Waals surface area (Å²) < 4.78 is 30.7. The maximum Gasteiger partial charge on any atom is 0.230 e. The molecule has 0 atom stereocenters. The molecule has 1 aromatic heterocycles. The molecular formula is C29H28FN3O5. The number of alkyl halides is 1. The van der Waals surface area contributed by atoms with Crippen LogP contribution in [-0.4, -0.2) is 42.2 Å². The van der Waals surface area contributed by atoms with Crippen molar-refractivity contribution in [3.8, 4) is 23.0 Å². The number of pyridine rings is 1. The number of halogens is 1. The van der Waals surface area contributed by atoms with Gasteiger partial charge in [-0.05, 0) is 55.7 Å². The quantitative estimate of drug-likeness (QED) is 0.440. The van der Waals surface area contributed by atoms with Gasteiger partial charge in [-0.1, -0.05) is 0 Å². The van der Waals surface area contributed by atoms with Gasteiger partial charge < -0.3 is 24.8 Å². The van der Waals surface area contributed by atoms with Crippen molar-refractivity contribution in [3.63, 3.8) is 0 Å². The van der Waals surface area contributed by atoms with Crippen LogP contribution in [-0.2, 0) is 9.59 Å². The molecule has 4 bridgehead atoms. The Balaban J connectivity index is 0.978. The zero-order valence-corrected chi connectivity index (χ0v) is 21.2. The van der Waals surface area contributed by atoms with E-state index < -0.39 is 16.5 Å². The first kappa shape index (κ1) is 23.3. The standard InChI is InChI=1S/C29H28FN3O5/c1-36-22-9-19-20(10-23(22)37-2)31-8-7-21(19)38-18-5-3-17(4-6-18)32-24(34)26-11-27(12-26,13-26)25(35)33-29-14-28(30,15-29)16-29/h3-10H,11-16H2,1-2H3,(H,32,34)(H,33,35). The summed E-state index contributed by atoms with van der Waals surface area (Å²) in [5, 5.41) is 6.85. The molecular weight excluding hydrogens is 489 g/mol. The van der Waals surface area contributed by atoms with Gasteiger partial charge in [-0.2, -0.15) is 0 Å². The Morgan fingerprint density at radius 3 is 2.11 bits per heavy atom. The Kier molecular flexibility index (Phi) is 4.64. The molecule has 0 saturated heterocycles. The highest BCUT2D eigenvalue weighted by Gasteiger charge is 2.77. The molecule has 1 heterocycles. The normalized spacial score (nSPS) is 31.6. The van der Waals surface area contributed by atoms with Gasteiger partial charge >= 0.3 is 0 Å². The minimum Gasteiger partial charge on any atom is -0.493 e. The lowest BCUT2D eigenvalue weighted by atomic mass is 9.34. The molecule has 6 fully saturated rings. The second-order valence-corrected chi connectivity index (χ2v) is 11.6. The molecule has 3 aromatic rings. The fraction of sp³-hybridized carbons (Fsp3) is 0.414. The molecule has 2 N–H and O–H groups in total. The molecule has 9 rings (SSSR count). The van der Waals surface area contributed by atoms with Crippen molar-refractivity contribution in [2.24, 2.45) is 10.8 Å². The van der Waals surface area contributed by atoms with Gasteiger partial charge in [0, 0.05) is 48.1 Å². The molecule has 0 spiro atoms. The van der Waals surface area contributed by atoms with Crippen LogP contribution in [0.15, 0.2) is 48.7 Å². The third kappa shape index (κ3) is 3.30. The number of ether oxygens (including phenoxy) is 3. The number of carbonyl (C=O) groups is 2. The largest absolute Gasteiger partial charge is 0.493 e. The molecule has 6 aliphatic rings. The molecule has 2 aromatic carbocycles. The van der Waals surface area contributed by atoms with Crippen LogP contribution in [0.2, 0.25) is 0 Å². The third-order valence-electron chi connectivity index (χ3n) is 8.88. The van der Waals surface area contributed by atoms with Crippen LogP contribution in [0.25, 0.3) is 10.9 Å². The zero-order valence-electron chi connectivity index (χ0n) is 21.2. The van der Waals surface area contributed by atoms with Gasteiger partial charge in [-0.3, -0.25) is 14.6 Å². The van der Waals surface area contributed by atoms with Gasteiger partial charge in [-0.25, -0.2) is 4.39 Å². The van der Waals surface area contributed by atoms with Crippen molar-refractivity contribution in [3.05, 3.63) is 48.7 Å². The average molecular weight is 518 g/mol. The Morgan fingerprint density at radius 1 is 0.842 bits per heavy atom. The summed E-state index contributed by atoms with van der Waals surface area (Å²) in [4.78, 5) is 30.2. The molecule has 0 aliphatic heterocycles. The number of hydrogen-bond donors (Lipinski definition) is 2. The summed E-state index contributed by atoms with van der Waals surface area (Å²) in [5.74, 6) is 2.33. The lowest BCUT2D eigenvalue weighted by molar-refractivity contribution is -0.217. The summed E-state index contributed by atoms with van der Waals surface area (Å²) in [6.07, 6.45) is 4.65. The number of anilines is 1. The van der Waals surface area contributed by atoms with Gasteiger partial charge in [0.1, 0.15) is 17.2 Å². The van der Waals surface area contributed by atoms with Crippen molar-refractivity contribution in [2.75, 3.05) is 19.5 Å². The van der Waals surface area contributed by atoms with Crippen LogP contribution in [0.3, 0.4) is 0 Å². The van der Waals surface area contributed by atoms with E-state index in [1.165, 1.54) is 0 Å². The van der Waals surface area contributed by atoms with E-state index in [1.54, 1.807) is 56.8 Å². The SMILES string of the molecule is COc1cc2nccc(Oc3ccc(NC(=O)C45CC(C(=O)NC67CC(F)(C6)C7)(C4)C5)cc3)c2cc1OC. The van der Waals surface area contributed by atoms with E-state index in [1.807, 2.05) is 6.07 Å². The fourth-order valence-corrected chi connectivity index (χ4v) is 6.97. The molecule has 0 radical (unpaired) electrons. The Morgan fingerprint density at radius 2 is 1.47 bits per heavy atom. The monoisotopic (exact) mass is 517 g/mol. The van der Waals surface area contributed by atoms with Gasteiger partial charge in [0.15, 0.2) is 11.5 Å². The second-order valence-electron chi connectivity index (χ2n) is 11.6. The number of rotatable bonds is 8. The van der Waals surface area contributed by atoms with Crippen LogP contribution in [0.4, 0.5) is 10.1 Å². The summed E-state index contributed by atoms with van der Waals surface area (Å²) >= 11 is 0. The summed E-state index contributed by atoms with van der Waals surface area (Å²) in [5.41, 5.74) is -0.912. The second kappa shape index (κ2) is 7.58. The highest BCUT2D eigenvalue weighted by molar-refractivity contribution is 6.02. The van der Waals surface area contributed by atoms with E-state index in [4.69, 9.17) is 14.2 Å². The average Bonchev–Trinajstić information content (AvgIpc) is 2.81. The number of fused-ring (bicyclic) bond motifs is 1. The van der Waals surface area contributed by atoms with Crippen LogP contribution in [0.1, 0.15) is 38.5 Å². The van der Waals surface area contributed by atoms with Gasteiger partial charge in [0.2, 0.25) is 11.8 Å². The van der Waals surface area contributed by atoms with E-state index in [2.05, 4.69) is 15.6 Å². The number of methoxy groups -OCH3 is 2. The van der Waals surface area contributed by atoms with Crippen molar-refractivity contribution < 1.29 is 28.2 Å². The van der Waals surface area contributed by atoms with Crippen LogP contribution < -0.4 is 24.8 Å². The molecule has 196 valence electrons. The third-order valence-corrected chi connectivity index (χ3v) is 8.88. The van der Waals surface area contributed by atoms with Crippen LogP contribution in [0.5, 0.6) is 23.0 Å². The minimum atomic E-state index is -1.04. The van der Waals surface area contributed by atoms with E-state index in [9.17, 15) is 14.0 Å². The maximum atomic E-state index is 13.8. The summed E-state index contributed by atoms with van der Waals surface area (Å²) in [6, 6.07) is 12.6. The fourth-order valence-electron chi connectivity index (χ4n) is 6.97. The van der Waals surface area contributed by atoms with Crippen molar-refractivity contribution in [2.45, 2.75) is 49.7 Å². The number of benzene rings is 2. The number of carbonyl (C=O) groups excluding carboxylic acids is 2. The molecule has 9 heteroatoms. The number of nitrogens with zero attached hydrogens (tertiary/aromatic N) is 1. The summed E-state index contributed by atoms with van der Waals surface area (Å²) in [6.45, 7) is 0. The first-order chi connectivity index (χ1) is 18.2. The van der Waals surface area contributed by atoms with Crippen molar-refractivity contribution >= 4 is 28.4 Å².